The summed E-state index contributed by atoms with van der Waals surface area (Å²) in [6.45, 7) is 2.15. The zero-order valence-corrected chi connectivity index (χ0v) is 12.5. The lowest BCUT2D eigenvalue weighted by molar-refractivity contribution is 0.263. The maximum atomic E-state index is 9.67. The molecule has 2 aromatic carbocycles. The Morgan fingerprint density at radius 3 is 2.45 bits per heavy atom. The summed E-state index contributed by atoms with van der Waals surface area (Å²) in [5, 5.41) is 10.4. The molecular weight excluding hydrogens is 272 g/mol. The summed E-state index contributed by atoms with van der Waals surface area (Å²) in [6, 6.07) is 13.7. The molecule has 0 aliphatic carbocycles. The lowest BCUT2D eigenvalue weighted by Gasteiger charge is -2.17. The van der Waals surface area contributed by atoms with Crippen molar-refractivity contribution in [2.75, 3.05) is 13.7 Å². The molecule has 106 valence electrons. The third-order valence-corrected chi connectivity index (χ3v) is 3.72. The summed E-state index contributed by atoms with van der Waals surface area (Å²) in [5.41, 5.74) is 3.38. The molecule has 0 fully saturated rings. The number of ether oxygens (including phenoxy) is 1. The molecule has 0 heterocycles. The molecule has 2 rings (SSSR count). The van der Waals surface area contributed by atoms with Crippen molar-refractivity contribution < 1.29 is 9.84 Å². The van der Waals surface area contributed by atoms with Gasteiger partial charge in [0.05, 0.1) is 13.7 Å². The minimum absolute atomic E-state index is 0.0444. The number of methoxy groups -OCH3 is 1. The van der Waals surface area contributed by atoms with E-state index in [2.05, 4.69) is 13.0 Å². The van der Waals surface area contributed by atoms with Crippen LogP contribution < -0.4 is 4.74 Å². The van der Waals surface area contributed by atoms with E-state index in [4.69, 9.17) is 16.3 Å². The molecule has 1 N–H and O–H groups in total. The molecule has 0 spiro atoms. The largest absolute Gasteiger partial charge is 0.496 e. The Hall–Kier alpha value is -1.51. The molecule has 0 saturated heterocycles. The molecule has 2 aromatic rings. The number of hydrogen-bond acceptors (Lipinski definition) is 2. The van der Waals surface area contributed by atoms with Crippen LogP contribution >= 0.6 is 11.6 Å². The Labute approximate surface area is 125 Å². The van der Waals surface area contributed by atoms with Crippen LogP contribution in [0.2, 0.25) is 5.02 Å². The number of aryl methyl sites for hydroxylation is 1. The van der Waals surface area contributed by atoms with Crippen LogP contribution in [0.4, 0.5) is 0 Å². The first-order valence-corrected chi connectivity index (χ1v) is 7.01. The highest BCUT2D eigenvalue weighted by Crippen LogP contribution is 2.28. The Morgan fingerprint density at radius 1 is 1.15 bits per heavy atom. The van der Waals surface area contributed by atoms with E-state index < -0.39 is 0 Å². The van der Waals surface area contributed by atoms with Gasteiger partial charge in [-0.05, 0) is 42.7 Å². The fraction of sp³-hybridized carbons (Fsp3) is 0.294. The quantitative estimate of drug-likeness (QED) is 0.903. The minimum Gasteiger partial charge on any atom is -0.496 e. The minimum atomic E-state index is 0.0444. The fourth-order valence-corrected chi connectivity index (χ4v) is 2.48. The van der Waals surface area contributed by atoms with Gasteiger partial charge in [-0.1, -0.05) is 41.4 Å². The van der Waals surface area contributed by atoms with Crippen molar-refractivity contribution in [2.45, 2.75) is 19.3 Å². The van der Waals surface area contributed by atoms with Gasteiger partial charge < -0.3 is 9.84 Å². The Kier molecular flexibility index (Phi) is 5.05. The summed E-state index contributed by atoms with van der Waals surface area (Å²) >= 11 is 5.91. The van der Waals surface area contributed by atoms with Crippen LogP contribution in [0.3, 0.4) is 0 Å². The number of rotatable bonds is 5. The Morgan fingerprint density at radius 2 is 1.85 bits per heavy atom. The molecule has 1 atom stereocenters. The molecule has 2 nitrogen and oxygen atoms in total. The smallest absolute Gasteiger partial charge is 0.122 e. The highest BCUT2D eigenvalue weighted by atomic mass is 35.5. The van der Waals surface area contributed by atoms with Gasteiger partial charge in [0.2, 0.25) is 0 Å². The highest BCUT2D eigenvalue weighted by molar-refractivity contribution is 6.30. The van der Waals surface area contributed by atoms with Crippen molar-refractivity contribution in [2.24, 2.45) is 0 Å². The van der Waals surface area contributed by atoms with Crippen LogP contribution in [0.25, 0.3) is 0 Å². The van der Waals surface area contributed by atoms with E-state index in [9.17, 15) is 5.11 Å². The van der Waals surface area contributed by atoms with E-state index in [1.807, 2.05) is 36.4 Å². The second-order valence-corrected chi connectivity index (χ2v) is 5.39. The predicted molar refractivity (Wildman–Crippen MR) is 82.7 cm³/mol. The van der Waals surface area contributed by atoms with Gasteiger partial charge in [-0.3, -0.25) is 0 Å². The van der Waals surface area contributed by atoms with Gasteiger partial charge in [0.15, 0.2) is 0 Å². The molecule has 0 radical (unpaired) electrons. The van der Waals surface area contributed by atoms with Crippen LogP contribution in [0.5, 0.6) is 5.75 Å². The van der Waals surface area contributed by atoms with Crippen LogP contribution in [0, 0.1) is 6.92 Å². The average molecular weight is 291 g/mol. The van der Waals surface area contributed by atoms with Crippen LogP contribution in [-0.2, 0) is 6.42 Å². The normalized spacial score (nSPS) is 12.2. The van der Waals surface area contributed by atoms with E-state index in [0.29, 0.717) is 5.02 Å². The summed E-state index contributed by atoms with van der Waals surface area (Å²) in [5.74, 6) is 0.908. The first-order valence-electron chi connectivity index (χ1n) is 6.64. The van der Waals surface area contributed by atoms with E-state index >= 15 is 0 Å². The molecular formula is C17H19ClO2. The van der Waals surface area contributed by atoms with Gasteiger partial charge in [0, 0.05) is 10.9 Å². The second kappa shape index (κ2) is 6.78. The van der Waals surface area contributed by atoms with Crippen molar-refractivity contribution in [3.8, 4) is 5.75 Å². The predicted octanol–water partition coefficient (Wildman–Crippen LogP) is 3.98. The Balaban J connectivity index is 2.26. The first kappa shape index (κ1) is 14.9. The van der Waals surface area contributed by atoms with Crippen molar-refractivity contribution in [1.29, 1.82) is 0 Å². The Bertz CT molecular complexity index is 564. The number of halogens is 1. The van der Waals surface area contributed by atoms with Crippen LogP contribution in [0.1, 0.15) is 22.6 Å². The van der Waals surface area contributed by atoms with Crippen molar-refractivity contribution in [1.82, 2.24) is 0 Å². The van der Waals surface area contributed by atoms with E-state index in [1.165, 1.54) is 5.56 Å². The van der Waals surface area contributed by atoms with Gasteiger partial charge in [0.25, 0.3) is 0 Å². The summed E-state index contributed by atoms with van der Waals surface area (Å²) in [6.07, 6.45) is 0.739. The molecule has 3 heteroatoms. The lowest BCUT2D eigenvalue weighted by atomic mass is 9.91. The van der Waals surface area contributed by atoms with E-state index in [1.54, 1.807) is 7.11 Å². The van der Waals surface area contributed by atoms with E-state index in [0.717, 1.165) is 23.3 Å². The van der Waals surface area contributed by atoms with Crippen molar-refractivity contribution >= 4 is 11.6 Å². The van der Waals surface area contributed by atoms with Crippen molar-refractivity contribution in [3.05, 3.63) is 64.2 Å². The van der Waals surface area contributed by atoms with Gasteiger partial charge in [-0.2, -0.15) is 0 Å². The zero-order valence-electron chi connectivity index (χ0n) is 11.8. The monoisotopic (exact) mass is 290 g/mol. The van der Waals surface area contributed by atoms with Gasteiger partial charge >= 0.3 is 0 Å². The van der Waals surface area contributed by atoms with Gasteiger partial charge in [0.1, 0.15) is 5.75 Å². The molecule has 20 heavy (non-hydrogen) atoms. The lowest BCUT2D eigenvalue weighted by Crippen LogP contribution is -2.09. The molecule has 0 aromatic heterocycles. The maximum Gasteiger partial charge on any atom is 0.122 e. The van der Waals surface area contributed by atoms with Crippen LogP contribution in [-0.4, -0.2) is 18.8 Å². The number of aliphatic hydroxyl groups is 1. The molecule has 0 saturated carbocycles. The number of aliphatic hydroxyl groups excluding tert-OH is 1. The van der Waals surface area contributed by atoms with Crippen molar-refractivity contribution in [3.63, 3.8) is 0 Å². The topological polar surface area (TPSA) is 29.5 Å². The zero-order chi connectivity index (χ0) is 14.5. The van der Waals surface area contributed by atoms with E-state index in [-0.39, 0.29) is 12.5 Å². The second-order valence-electron chi connectivity index (χ2n) is 4.95. The summed E-state index contributed by atoms with van der Waals surface area (Å²) < 4.78 is 5.40. The molecule has 0 aliphatic rings. The maximum absolute atomic E-state index is 9.67. The van der Waals surface area contributed by atoms with Gasteiger partial charge in [-0.15, -0.1) is 0 Å². The molecule has 1 unspecified atom stereocenters. The molecule has 0 aliphatic heterocycles. The first-order chi connectivity index (χ1) is 9.63. The third-order valence-electron chi connectivity index (χ3n) is 3.46. The standard InChI is InChI=1S/C17H19ClO2/c1-12-3-8-17(20-2)14(9-12)10-15(11-19)13-4-6-16(18)7-5-13/h3-9,15,19H,10-11H2,1-2H3. The van der Waals surface area contributed by atoms with Gasteiger partial charge in [-0.25, -0.2) is 0 Å². The average Bonchev–Trinajstić information content (AvgIpc) is 2.46. The van der Waals surface area contributed by atoms with Crippen LogP contribution in [0.15, 0.2) is 42.5 Å². The highest BCUT2D eigenvalue weighted by Gasteiger charge is 2.14. The number of hydrogen-bond donors (Lipinski definition) is 1. The summed E-state index contributed by atoms with van der Waals surface area (Å²) in [7, 11) is 1.67. The third kappa shape index (κ3) is 3.53. The molecule has 0 amide bonds. The molecule has 0 bridgehead atoms. The fourth-order valence-electron chi connectivity index (χ4n) is 2.36. The summed E-state index contributed by atoms with van der Waals surface area (Å²) in [4.78, 5) is 0. The number of benzene rings is 2. The SMILES string of the molecule is COc1ccc(C)cc1CC(CO)c1ccc(Cl)cc1.